The maximum Gasteiger partial charge on any atom is 0.306 e. The third-order valence-corrected chi connectivity index (χ3v) is 5.69. The van der Waals surface area contributed by atoms with Gasteiger partial charge in [0, 0.05) is 29.7 Å². The molecule has 0 aliphatic carbocycles. The maximum atomic E-state index is 13.1. The van der Waals surface area contributed by atoms with Crippen LogP contribution in [0.4, 0.5) is 5.69 Å². The van der Waals surface area contributed by atoms with Crippen molar-refractivity contribution < 1.29 is 23.9 Å². The molecule has 0 spiro atoms. The Bertz CT molecular complexity index is 1150. The zero-order valence-electron chi connectivity index (χ0n) is 18.4. The molecule has 34 heavy (non-hydrogen) atoms. The molecule has 0 bridgehead atoms. The highest BCUT2D eigenvalue weighted by Crippen LogP contribution is 2.26. The lowest BCUT2D eigenvalue weighted by molar-refractivity contribution is -0.147. The monoisotopic (exact) mass is 499 g/mol. The number of hydrogen-bond acceptors (Lipinski definition) is 5. The van der Waals surface area contributed by atoms with Crippen LogP contribution in [0.5, 0.6) is 5.75 Å². The van der Waals surface area contributed by atoms with E-state index in [-0.39, 0.29) is 31.0 Å². The van der Waals surface area contributed by atoms with E-state index in [4.69, 9.17) is 32.7 Å². The summed E-state index contributed by atoms with van der Waals surface area (Å²) in [6, 6.07) is 20.2. The number of methoxy groups -OCH3 is 1. The fraction of sp³-hybridized carbons (Fsp3) is 0.192. The van der Waals surface area contributed by atoms with Crippen LogP contribution in [0.15, 0.2) is 72.8 Å². The van der Waals surface area contributed by atoms with Gasteiger partial charge in [0.2, 0.25) is 11.7 Å². The summed E-state index contributed by atoms with van der Waals surface area (Å²) in [5.74, 6) is -0.582. The van der Waals surface area contributed by atoms with Gasteiger partial charge >= 0.3 is 5.97 Å². The van der Waals surface area contributed by atoms with Gasteiger partial charge in [0.05, 0.1) is 17.2 Å². The third kappa shape index (κ3) is 7.07. The van der Waals surface area contributed by atoms with E-state index in [1.807, 2.05) is 6.07 Å². The van der Waals surface area contributed by atoms with Gasteiger partial charge < -0.3 is 14.8 Å². The minimum atomic E-state index is -1.09. The van der Waals surface area contributed by atoms with Gasteiger partial charge in [-0.3, -0.25) is 14.4 Å². The standard InChI is InChI=1S/C26H23Cl2NO5/c1-33-20-13-10-17(11-14-20)25(32)26(18-6-3-2-4-7-18)34-24(31)9-5-8-23(30)29-19-12-15-21(27)22(28)16-19/h2-4,6-7,10-16,26H,5,8-9H2,1H3,(H,29,30)/t26-/m0/s1. The van der Waals surface area contributed by atoms with Crippen molar-refractivity contribution >= 4 is 46.5 Å². The molecule has 3 aromatic rings. The molecule has 0 aromatic heterocycles. The topological polar surface area (TPSA) is 81.7 Å². The Morgan fingerprint density at radius 1 is 0.882 bits per heavy atom. The van der Waals surface area contributed by atoms with Crippen LogP contribution < -0.4 is 10.1 Å². The van der Waals surface area contributed by atoms with E-state index in [1.54, 1.807) is 66.7 Å². The minimum Gasteiger partial charge on any atom is -0.497 e. The van der Waals surface area contributed by atoms with E-state index in [2.05, 4.69) is 5.32 Å². The number of carbonyl (C=O) groups is 3. The summed E-state index contributed by atoms with van der Waals surface area (Å²) in [6.07, 6.45) is -0.761. The summed E-state index contributed by atoms with van der Waals surface area (Å²) in [4.78, 5) is 37.8. The van der Waals surface area contributed by atoms with Crippen molar-refractivity contribution in [2.75, 3.05) is 12.4 Å². The number of anilines is 1. The summed E-state index contributed by atoms with van der Waals surface area (Å²) < 4.78 is 10.7. The molecule has 0 fully saturated rings. The molecule has 0 unspecified atom stereocenters. The molecular weight excluding hydrogens is 477 g/mol. The quantitative estimate of drug-likeness (QED) is 0.262. The van der Waals surface area contributed by atoms with Gasteiger partial charge in [-0.1, -0.05) is 53.5 Å². The highest BCUT2D eigenvalue weighted by molar-refractivity contribution is 6.42. The first-order valence-corrected chi connectivity index (χ1v) is 11.3. The second-order valence-electron chi connectivity index (χ2n) is 7.40. The summed E-state index contributed by atoms with van der Waals surface area (Å²) >= 11 is 11.8. The van der Waals surface area contributed by atoms with Crippen LogP contribution in [-0.2, 0) is 14.3 Å². The number of nitrogens with one attached hydrogen (secondary N) is 1. The molecule has 0 aliphatic heterocycles. The molecule has 6 nitrogen and oxygen atoms in total. The van der Waals surface area contributed by atoms with Crippen molar-refractivity contribution in [3.8, 4) is 5.75 Å². The normalized spacial score (nSPS) is 11.4. The molecule has 0 heterocycles. The Balaban J connectivity index is 1.58. The Hall–Kier alpha value is -3.35. The number of benzene rings is 3. The SMILES string of the molecule is COc1ccc(C(=O)[C@@H](OC(=O)CCCC(=O)Nc2ccc(Cl)c(Cl)c2)c2ccccc2)cc1. The van der Waals surface area contributed by atoms with Gasteiger partial charge in [-0.2, -0.15) is 0 Å². The Morgan fingerprint density at radius 2 is 1.59 bits per heavy atom. The van der Waals surface area contributed by atoms with Crippen molar-refractivity contribution in [2.24, 2.45) is 0 Å². The first kappa shape index (κ1) is 25.3. The van der Waals surface area contributed by atoms with E-state index in [9.17, 15) is 14.4 Å². The van der Waals surface area contributed by atoms with E-state index in [0.29, 0.717) is 32.6 Å². The predicted molar refractivity (Wildman–Crippen MR) is 132 cm³/mol. The predicted octanol–water partition coefficient (Wildman–Crippen LogP) is 6.28. The Labute approximate surface area is 207 Å². The van der Waals surface area contributed by atoms with Crippen LogP contribution >= 0.6 is 23.2 Å². The van der Waals surface area contributed by atoms with Crippen LogP contribution in [0.1, 0.15) is 41.3 Å². The average Bonchev–Trinajstić information content (AvgIpc) is 2.85. The van der Waals surface area contributed by atoms with Crippen LogP contribution in [0.25, 0.3) is 0 Å². The second kappa shape index (κ2) is 12.2. The first-order chi connectivity index (χ1) is 16.4. The molecule has 176 valence electrons. The molecule has 0 saturated heterocycles. The third-order valence-electron chi connectivity index (χ3n) is 4.95. The summed E-state index contributed by atoms with van der Waals surface area (Å²) in [7, 11) is 1.54. The molecule has 3 rings (SSSR count). The zero-order valence-corrected chi connectivity index (χ0v) is 19.9. The molecule has 1 amide bonds. The van der Waals surface area contributed by atoms with Gasteiger partial charge in [0.25, 0.3) is 0 Å². The number of halogens is 2. The number of carbonyl (C=O) groups excluding carboxylic acids is 3. The lowest BCUT2D eigenvalue weighted by Crippen LogP contribution is -2.20. The lowest BCUT2D eigenvalue weighted by atomic mass is 9.99. The minimum absolute atomic E-state index is 0.0198. The van der Waals surface area contributed by atoms with Crippen LogP contribution in [0.3, 0.4) is 0 Å². The molecule has 1 N–H and O–H groups in total. The Morgan fingerprint density at radius 3 is 2.24 bits per heavy atom. The van der Waals surface area contributed by atoms with Crippen molar-refractivity contribution in [3.63, 3.8) is 0 Å². The molecule has 1 atom stereocenters. The number of ketones is 1. The van der Waals surface area contributed by atoms with Gasteiger partial charge in [0.15, 0.2) is 6.10 Å². The maximum absolute atomic E-state index is 13.1. The molecule has 0 radical (unpaired) electrons. The van der Waals surface area contributed by atoms with Crippen molar-refractivity contribution in [2.45, 2.75) is 25.4 Å². The van der Waals surface area contributed by atoms with Gasteiger partial charge in [-0.25, -0.2) is 0 Å². The van der Waals surface area contributed by atoms with E-state index >= 15 is 0 Å². The molecular formula is C26H23Cl2NO5. The fourth-order valence-electron chi connectivity index (χ4n) is 3.19. The summed E-state index contributed by atoms with van der Waals surface area (Å²) in [6.45, 7) is 0. The highest BCUT2D eigenvalue weighted by atomic mass is 35.5. The number of amides is 1. The first-order valence-electron chi connectivity index (χ1n) is 10.5. The number of ether oxygens (including phenoxy) is 2. The molecule has 0 saturated carbocycles. The van der Waals surface area contributed by atoms with E-state index in [1.165, 1.54) is 7.11 Å². The molecule has 8 heteroatoms. The highest BCUT2D eigenvalue weighted by Gasteiger charge is 2.26. The largest absolute Gasteiger partial charge is 0.497 e. The van der Waals surface area contributed by atoms with Crippen LogP contribution in [-0.4, -0.2) is 24.8 Å². The smallest absolute Gasteiger partial charge is 0.306 e. The number of Topliss-reactive ketones (excluding diaryl/α,β-unsaturated/α-hetero) is 1. The lowest BCUT2D eigenvalue weighted by Gasteiger charge is -2.17. The molecule has 3 aromatic carbocycles. The fourth-order valence-corrected chi connectivity index (χ4v) is 3.49. The summed E-state index contributed by atoms with van der Waals surface area (Å²) in [5.41, 5.74) is 1.47. The number of hydrogen-bond donors (Lipinski definition) is 1. The number of rotatable bonds is 10. The van der Waals surface area contributed by atoms with Gasteiger partial charge in [-0.05, 0) is 48.9 Å². The zero-order chi connectivity index (χ0) is 24.5. The number of esters is 1. The van der Waals surface area contributed by atoms with E-state index < -0.39 is 12.1 Å². The van der Waals surface area contributed by atoms with E-state index in [0.717, 1.165) is 0 Å². The van der Waals surface area contributed by atoms with Crippen LogP contribution in [0, 0.1) is 0 Å². The second-order valence-corrected chi connectivity index (χ2v) is 8.22. The Kier molecular flexibility index (Phi) is 9.08. The summed E-state index contributed by atoms with van der Waals surface area (Å²) in [5, 5.41) is 3.42. The van der Waals surface area contributed by atoms with Crippen molar-refractivity contribution in [1.82, 2.24) is 0 Å². The van der Waals surface area contributed by atoms with Crippen molar-refractivity contribution in [3.05, 3.63) is 94.0 Å². The van der Waals surface area contributed by atoms with Crippen LogP contribution in [0.2, 0.25) is 10.0 Å². The van der Waals surface area contributed by atoms with Crippen molar-refractivity contribution in [1.29, 1.82) is 0 Å². The van der Waals surface area contributed by atoms with Gasteiger partial charge in [0.1, 0.15) is 5.75 Å². The average molecular weight is 500 g/mol. The van der Waals surface area contributed by atoms with Gasteiger partial charge in [-0.15, -0.1) is 0 Å². The molecule has 0 aliphatic rings.